The maximum Gasteiger partial charge on any atom is 0.340 e. The SMILES string of the molecule is Cc1oc2cc3oc(=O)c(CC(=O)N(CC(=O)O)CC(=O)O)c(C)c3cc2c1C. The molecule has 1 aromatic carbocycles. The minimum atomic E-state index is -1.35. The highest BCUT2D eigenvalue weighted by Crippen LogP contribution is 2.31. The van der Waals surface area contributed by atoms with Crippen LogP contribution in [-0.4, -0.2) is 46.0 Å². The van der Waals surface area contributed by atoms with Gasteiger partial charge >= 0.3 is 17.6 Å². The number of carboxylic acid groups (broad SMARTS) is 2. The minimum absolute atomic E-state index is 0.0560. The van der Waals surface area contributed by atoms with Gasteiger partial charge in [-0.3, -0.25) is 14.4 Å². The number of fused-ring (bicyclic) bond motifs is 2. The van der Waals surface area contributed by atoms with Crippen molar-refractivity contribution in [2.45, 2.75) is 27.2 Å². The van der Waals surface area contributed by atoms with Gasteiger partial charge in [-0.2, -0.15) is 0 Å². The molecule has 9 nitrogen and oxygen atoms in total. The van der Waals surface area contributed by atoms with Gasteiger partial charge in [0.1, 0.15) is 30.0 Å². The van der Waals surface area contributed by atoms with Crippen LogP contribution in [0.2, 0.25) is 0 Å². The summed E-state index contributed by atoms with van der Waals surface area (Å²) in [6, 6.07) is 3.43. The minimum Gasteiger partial charge on any atom is -0.480 e. The Balaban J connectivity index is 2.06. The topological polar surface area (TPSA) is 138 Å². The number of nitrogens with zero attached hydrogens (tertiary/aromatic N) is 1. The summed E-state index contributed by atoms with van der Waals surface area (Å²) in [4.78, 5) is 47.5. The molecule has 0 saturated carbocycles. The number of furan rings is 1. The molecule has 1 amide bonds. The van der Waals surface area contributed by atoms with E-state index in [1.54, 1.807) is 13.0 Å². The lowest BCUT2D eigenvalue weighted by atomic mass is 10.0. The molecule has 3 rings (SSSR count). The van der Waals surface area contributed by atoms with E-state index < -0.39 is 43.0 Å². The number of carbonyl (C=O) groups excluding carboxylic acids is 1. The van der Waals surface area contributed by atoms with Crippen molar-refractivity contribution in [2.24, 2.45) is 0 Å². The summed E-state index contributed by atoms with van der Waals surface area (Å²) in [6.45, 7) is 3.83. The molecule has 0 spiro atoms. The number of amides is 1. The zero-order valence-electron chi connectivity index (χ0n) is 16.1. The Bertz CT molecular complexity index is 1200. The molecule has 0 fully saturated rings. The number of aliphatic carboxylic acids is 2. The summed E-state index contributed by atoms with van der Waals surface area (Å²) in [6.07, 6.45) is -0.466. The van der Waals surface area contributed by atoms with Gasteiger partial charge in [0.25, 0.3) is 0 Å². The normalized spacial score (nSPS) is 11.1. The number of rotatable bonds is 6. The summed E-state index contributed by atoms with van der Waals surface area (Å²) in [7, 11) is 0. The lowest BCUT2D eigenvalue weighted by Gasteiger charge is -2.18. The van der Waals surface area contributed by atoms with Crippen molar-refractivity contribution in [1.29, 1.82) is 0 Å². The number of carboxylic acids is 2. The summed E-state index contributed by atoms with van der Waals surface area (Å²) in [5.74, 6) is -2.75. The first-order chi connectivity index (χ1) is 13.6. The molecule has 0 radical (unpaired) electrons. The van der Waals surface area contributed by atoms with Crippen molar-refractivity contribution in [3.8, 4) is 0 Å². The Labute approximate surface area is 164 Å². The molecule has 0 aliphatic carbocycles. The van der Waals surface area contributed by atoms with Crippen molar-refractivity contribution in [3.05, 3.63) is 45.0 Å². The molecule has 2 heterocycles. The van der Waals surface area contributed by atoms with Gasteiger partial charge in [0.15, 0.2) is 0 Å². The fourth-order valence-electron chi connectivity index (χ4n) is 3.25. The van der Waals surface area contributed by atoms with E-state index >= 15 is 0 Å². The van der Waals surface area contributed by atoms with Gasteiger partial charge in [0.2, 0.25) is 5.91 Å². The van der Waals surface area contributed by atoms with Crippen molar-refractivity contribution in [2.75, 3.05) is 13.1 Å². The third-order valence-corrected chi connectivity index (χ3v) is 4.92. The van der Waals surface area contributed by atoms with E-state index in [9.17, 15) is 19.2 Å². The third-order valence-electron chi connectivity index (χ3n) is 4.92. The van der Waals surface area contributed by atoms with Crippen LogP contribution in [0, 0.1) is 20.8 Å². The van der Waals surface area contributed by atoms with Crippen LogP contribution in [0.5, 0.6) is 0 Å². The molecule has 0 aliphatic heterocycles. The zero-order chi connectivity index (χ0) is 21.5. The standard InChI is InChI=1S/C20H19NO8/c1-9-11(3)28-15-6-16-13(4-12(9)15)10(2)14(20(27)29-16)5-17(22)21(7-18(23)24)8-19(25)26/h4,6H,5,7-8H2,1-3H3,(H,23,24)(H,25,26). The highest BCUT2D eigenvalue weighted by Gasteiger charge is 2.23. The van der Waals surface area contributed by atoms with E-state index in [0.29, 0.717) is 27.0 Å². The molecule has 0 saturated heterocycles. The number of hydrogen-bond acceptors (Lipinski definition) is 6. The van der Waals surface area contributed by atoms with E-state index in [0.717, 1.165) is 16.7 Å². The first-order valence-corrected chi connectivity index (χ1v) is 8.76. The molecule has 2 N–H and O–H groups in total. The van der Waals surface area contributed by atoms with Gasteiger partial charge in [0.05, 0.1) is 12.0 Å². The van der Waals surface area contributed by atoms with Gasteiger partial charge in [-0.25, -0.2) is 4.79 Å². The molecule has 0 bridgehead atoms. The van der Waals surface area contributed by atoms with Crippen molar-refractivity contribution >= 4 is 39.8 Å². The number of benzene rings is 1. The molecule has 0 atom stereocenters. The monoisotopic (exact) mass is 401 g/mol. The van der Waals surface area contributed by atoms with Gasteiger partial charge in [-0.05, 0) is 38.0 Å². The van der Waals surface area contributed by atoms with Crippen LogP contribution < -0.4 is 5.63 Å². The van der Waals surface area contributed by atoms with E-state index in [-0.39, 0.29) is 5.56 Å². The van der Waals surface area contributed by atoms with Crippen LogP contribution in [0.15, 0.2) is 25.8 Å². The van der Waals surface area contributed by atoms with E-state index in [1.165, 1.54) is 0 Å². The predicted molar refractivity (Wildman–Crippen MR) is 102 cm³/mol. The van der Waals surface area contributed by atoms with Crippen LogP contribution in [0.3, 0.4) is 0 Å². The van der Waals surface area contributed by atoms with Gasteiger partial charge in [-0.1, -0.05) is 0 Å². The quantitative estimate of drug-likeness (QED) is 0.598. The second-order valence-corrected chi connectivity index (χ2v) is 6.83. The summed E-state index contributed by atoms with van der Waals surface area (Å²) >= 11 is 0. The highest BCUT2D eigenvalue weighted by molar-refractivity contribution is 5.97. The smallest absolute Gasteiger partial charge is 0.340 e. The van der Waals surface area contributed by atoms with Crippen molar-refractivity contribution in [1.82, 2.24) is 4.90 Å². The molecule has 29 heavy (non-hydrogen) atoms. The largest absolute Gasteiger partial charge is 0.480 e. The van der Waals surface area contributed by atoms with E-state index in [1.807, 2.05) is 19.9 Å². The van der Waals surface area contributed by atoms with E-state index in [4.69, 9.17) is 19.0 Å². The fraction of sp³-hybridized carbons (Fsp3) is 0.300. The predicted octanol–water partition coefficient (Wildman–Crippen LogP) is 2.00. The molecule has 9 heteroatoms. The molecule has 3 aromatic rings. The molecular formula is C20H19NO8. The first kappa shape index (κ1) is 20.1. The van der Waals surface area contributed by atoms with Gasteiger partial charge in [-0.15, -0.1) is 0 Å². The van der Waals surface area contributed by atoms with Gasteiger partial charge < -0.3 is 23.9 Å². The maximum atomic E-state index is 12.5. The van der Waals surface area contributed by atoms with Crippen LogP contribution in [0.4, 0.5) is 0 Å². The first-order valence-electron chi connectivity index (χ1n) is 8.76. The second-order valence-electron chi connectivity index (χ2n) is 6.83. The lowest BCUT2D eigenvalue weighted by molar-refractivity contribution is -0.149. The van der Waals surface area contributed by atoms with Crippen LogP contribution >= 0.6 is 0 Å². The summed E-state index contributed by atoms with van der Waals surface area (Å²) in [5, 5.41) is 19.3. The maximum absolute atomic E-state index is 12.5. The van der Waals surface area contributed by atoms with Crippen LogP contribution in [-0.2, 0) is 20.8 Å². The van der Waals surface area contributed by atoms with Crippen molar-refractivity contribution in [3.63, 3.8) is 0 Å². The summed E-state index contributed by atoms with van der Waals surface area (Å²) in [5.41, 5.74) is 1.65. The third kappa shape index (κ3) is 3.84. The average Bonchev–Trinajstić information content (AvgIpc) is 2.89. The fourth-order valence-corrected chi connectivity index (χ4v) is 3.25. The lowest BCUT2D eigenvalue weighted by Crippen LogP contribution is -2.40. The molecule has 152 valence electrons. The zero-order valence-corrected chi connectivity index (χ0v) is 16.1. The number of hydrogen-bond donors (Lipinski definition) is 2. The Morgan fingerprint density at radius 1 is 0.897 bits per heavy atom. The molecular weight excluding hydrogens is 382 g/mol. The Morgan fingerprint density at radius 3 is 2.03 bits per heavy atom. The van der Waals surface area contributed by atoms with Crippen molar-refractivity contribution < 1.29 is 33.4 Å². The van der Waals surface area contributed by atoms with Crippen LogP contribution in [0.1, 0.15) is 22.5 Å². The summed E-state index contributed by atoms with van der Waals surface area (Å²) < 4.78 is 11.0. The number of aryl methyl sites for hydroxylation is 3. The second kappa shape index (κ2) is 7.42. The van der Waals surface area contributed by atoms with E-state index in [2.05, 4.69) is 0 Å². The molecule has 2 aromatic heterocycles. The average molecular weight is 401 g/mol. The van der Waals surface area contributed by atoms with Crippen LogP contribution in [0.25, 0.3) is 21.9 Å². The molecule has 0 unspecified atom stereocenters. The number of carbonyl (C=O) groups is 3. The Morgan fingerprint density at radius 2 is 1.45 bits per heavy atom. The highest BCUT2D eigenvalue weighted by atomic mass is 16.4. The van der Waals surface area contributed by atoms with Gasteiger partial charge in [0, 0.05) is 16.8 Å². The Hall–Kier alpha value is -3.62. The Kier molecular flexibility index (Phi) is 5.15. The molecule has 0 aliphatic rings.